The molecular weight excluding hydrogens is 460 g/mol. The van der Waals surface area contributed by atoms with Gasteiger partial charge in [0, 0.05) is 12.1 Å². The molecule has 3 aliphatic heterocycles. The van der Waals surface area contributed by atoms with Crippen LogP contribution < -0.4 is 10.1 Å². The highest BCUT2D eigenvalue weighted by Gasteiger charge is 2.50. The smallest absolute Gasteiger partial charge is 0.258 e. The Labute approximate surface area is 209 Å². The van der Waals surface area contributed by atoms with Gasteiger partial charge in [-0.15, -0.1) is 5.10 Å². The summed E-state index contributed by atoms with van der Waals surface area (Å²) in [5, 5.41) is 15.6. The average Bonchev–Trinajstić information content (AvgIpc) is 3.70. The summed E-state index contributed by atoms with van der Waals surface area (Å²) in [5.74, 6) is 1.14. The number of rotatable bonds is 8. The van der Waals surface area contributed by atoms with Crippen molar-refractivity contribution in [2.24, 2.45) is 0 Å². The van der Waals surface area contributed by atoms with Crippen molar-refractivity contribution in [1.29, 1.82) is 0 Å². The molecule has 4 heterocycles. The van der Waals surface area contributed by atoms with Crippen LogP contribution in [0.4, 0.5) is 0 Å². The Morgan fingerprint density at radius 3 is 2.72 bits per heavy atom. The lowest BCUT2D eigenvalue weighted by Gasteiger charge is -2.18. The molecule has 0 aliphatic carbocycles. The molecule has 1 amide bonds. The molecule has 1 N–H and O–H groups in total. The highest BCUT2D eigenvalue weighted by atomic mass is 16.6. The van der Waals surface area contributed by atoms with Gasteiger partial charge in [-0.05, 0) is 60.1 Å². The van der Waals surface area contributed by atoms with Gasteiger partial charge in [0.15, 0.2) is 12.4 Å². The molecule has 3 aromatic rings. The van der Waals surface area contributed by atoms with Crippen LogP contribution in [0.2, 0.25) is 0 Å². The van der Waals surface area contributed by atoms with Gasteiger partial charge in [0.2, 0.25) is 0 Å². The molecule has 1 aromatic heterocycles. The molecule has 3 aliphatic rings. The number of nitrogens with zero attached hydrogens (tertiary/aromatic N) is 5. The van der Waals surface area contributed by atoms with Crippen molar-refractivity contribution in [3.63, 3.8) is 0 Å². The van der Waals surface area contributed by atoms with E-state index >= 15 is 0 Å². The lowest BCUT2D eigenvalue weighted by Crippen LogP contribution is -2.45. The molecule has 0 unspecified atom stereocenters. The molecule has 2 aromatic carbocycles. The normalized spacial score (nSPS) is 25.7. The molecule has 10 nitrogen and oxygen atoms in total. The molecule has 0 bridgehead atoms. The molecule has 36 heavy (non-hydrogen) atoms. The molecule has 10 heteroatoms. The van der Waals surface area contributed by atoms with Crippen molar-refractivity contribution < 1.29 is 19.0 Å². The predicted octanol–water partition coefficient (Wildman–Crippen LogP) is 1.84. The Morgan fingerprint density at radius 1 is 1.03 bits per heavy atom. The van der Waals surface area contributed by atoms with E-state index in [1.807, 2.05) is 41.1 Å². The third-order valence-corrected chi connectivity index (χ3v) is 7.08. The Hall–Kier alpha value is -3.34. The van der Waals surface area contributed by atoms with Gasteiger partial charge in [0.05, 0.1) is 19.3 Å². The topological polar surface area (TPSA) is 104 Å². The fourth-order valence-corrected chi connectivity index (χ4v) is 5.34. The lowest BCUT2D eigenvalue weighted by atomic mass is 10.1. The van der Waals surface area contributed by atoms with Gasteiger partial charge in [-0.2, -0.15) is 0 Å². The third kappa shape index (κ3) is 4.84. The van der Waals surface area contributed by atoms with Gasteiger partial charge in [-0.3, -0.25) is 9.69 Å². The third-order valence-electron chi connectivity index (χ3n) is 7.08. The molecule has 188 valence electrons. The van der Waals surface area contributed by atoms with Crippen LogP contribution in [0.1, 0.15) is 24.4 Å². The maximum Gasteiger partial charge on any atom is 0.258 e. The number of para-hydroxylation sites is 1. The van der Waals surface area contributed by atoms with E-state index in [4.69, 9.17) is 14.2 Å². The van der Waals surface area contributed by atoms with Crippen LogP contribution in [0.25, 0.3) is 11.4 Å². The van der Waals surface area contributed by atoms with E-state index in [1.54, 1.807) is 0 Å². The quantitative estimate of drug-likeness (QED) is 0.510. The Bertz CT molecular complexity index is 1180. The maximum absolute atomic E-state index is 12.5. The van der Waals surface area contributed by atoms with Crippen LogP contribution in [0.3, 0.4) is 0 Å². The number of nitrogens with one attached hydrogen (secondary N) is 1. The summed E-state index contributed by atoms with van der Waals surface area (Å²) >= 11 is 0. The van der Waals surface area contributed by atoms with Gasteiger partial charge in [0.25, 0.3) is 5.91 Å². The zero-order valence-corrected chi connectivity index (χ0v) is 20.0. The Kier molecular flexibility index (Phi) is 6.63. The summed E-state index contributed by atoms with van der Waals surface area (Å²) in [6, 6.07) is 17.3. The number of aromatic nitrogens is 4. The lowest BCUT2D eigenvalue weighted by molar-refractivity contribution is -0.124. The first-order valence-corrected chi connectivity index (χ1v) is 12.5. The second kappa shape index (κ2) is 10.3. The van der Waals surface area contributed by atoms with Crippen LogP contribution in [0, 0.1) is 0 Å². The summed E-state index contributed by atoms with van der Waals surface area (Å²) in [5.41, 5.74) is 2.23. The SMILES string of the molecule is O=C(COc1ccccc1)N[C@H]1CO[C@H]2[C@@H]1OC[C@@H]2n1nnnc1-c1cccc(CN2CCCC2)c1. The Morgan fingerprint density at radius 2 is 1.86 bits per heavy atom. The van der Waals surface area contributed by atoms with E-state index in [0.29, 0.717) is 24.8 Å². The van der Waals surface area contributed by atoms with Crippen LogP contribution in [-0.4, -0.2) is 82.2 Å². The summed E-state index contributed by atoms with van der Waals surface area (Å²) in [6.45, 7) is 3.95. The number of ether oxygens (including phenoxy) is 3. The molecule has 3 fully saturated rings. The van der Waals surface area contributed by atoms with Crippen LogP contribution in [-0.2, 0) is 20.8 Å². The summed E-state index contributed by atoms with van der Waals surface area (Å²) in [6.07, 6.45) is 2.02. The van der Waals surface area contributed by atoms with Crippen molar-refractivity contribution in [1.82, 2.24) is 30.4 Å². The number of benzene rings is 2. The minimum Gasteiger partial charge on any atom is -0.484 e. The van der Waals surface area contributed by atoms with Crippen LogP contribution in [0.15, 0.2) is 54.6 Å². The monoisotopic (exact) mass is 490 g/mol. The number of carbonyl (C=O) groups is 1. The standard InChI is InChI=1S/C26H30N6O4/c33-23(17-34-20-9-2-1-3-10-20)27-21-15-35-25-22(16-36-24(21)25)32-26(28-29-30-32)19-8-6-7-18(13-19)14-31-11-4-5-12-31/h1-3,6-10,13,21-22,24-25H,4-5,11-12,14-17H2,(H,27,33)/t21-,22-,24+,25+/m0/s1. The van der Waals surface area contributed by atoms with Crippen molar-refractivity contribution in [2.75, 3.05) is 32.9 Å². The summed E-state index contributed by atoms with van der Waals surface area (Å²) < 4.78 is 19.5. The molecular formula is C26H30N6O4. The first-order valence-electron chi connectivity index (χ1n) is 12.5. The van der Waals surface area contributed by atoms with Crippen molar-refractivity contribution >= 4 is 5.91 Å². The molecule has 4 atom stereocenters. The van der Waals surface area contributed by atoms with E-state index in [0.717, 1.165) is 25.2 Å². The summed E-state index contributed by atoms with van der Waals surface area (Å²) in [4.78, 5) is 15.0. The van der Waals surface area contributed by atoms with Gasteiger partial charge in [-0.25, -0.2) is 4.68 Å². The fraction of sp³-hybridized carbons (Fsp3) is 0.462. The number of fused-ring (bicyclic) bond motifs is 1. The Balaban J connectivity index is 1.10. The van der Waals surface area contributed by atoms with E-state index < -0.39 is 0 Å². The zero-order chi connectivity index (χ0) is 24.3. The van der Waals surface area contributed by atoms with E-state index in [1.165, 1.54) is 18.4 Å². The number of amides is 1. The van der Waals surface area contributed by atoms with E-state index in [9.17, 15) is 4.79 Å². The first kappa shape index (κ1) is 23.1. The molecule has 0 saturated carbocycles. The number of likely N-dealkylation sites (tertiary alicyclic amines) is 1. The summed E-state index contributed by atoms with van der Waals surface area (Å²) in [7, 11) is 0. The van der Waals surface area contributed by atoms with E-state index in [2.05, 4.69) is 43.9 Å². The minimum atomic E-state index is -0.269. The maximum atomic E-state index is 12.5. The first-order chi connectivity index (χ1) is 17.7. The largest absolute Gasteiger partial charge is 0.484 e. The molecule has 0 radical (unpaired) electrons. The van der Waals surface area contributed by atoms with Crippen molar-refractivity contribution in [3.05, 3.63) is 60.2 Å². The number of hydrogen-bond donors (Lipinski definition) is 1. The van der Waals surface area contributed by atoms with Crippen molar-refractivity contribution in [3.8, 4) is 17.1 Å². The minimum absolute atomic E-state index is 0.0633. The second-order valence-corrected chi connectivity index (χ2v) is 9.57. The van der Waals surface area contributed by atoms with Crippen LogP contribution in [0.5, 0.6) is 5.75 Å². The van der Waals surface area contributed by atoms with E-state index in [-0.39, 0.29) is 36.8 Å². The van der Waals surface area contributed by atoms with Crippen molar-refractivity contribution in [2.45, 2.75) is 43.7 Å². The molecule has 3 saturated heterocycles. The van der Waals surface area contributed by atoms with Crippen LogP contribution >= 0.6 is 0 Å². The van der Waals surface area contributed by atoms with Gasteiger partial charge in [0.1, 0.15) is 24.0 Å². The highest BCUT2D eigenvalue weighted by molar-refractivity contribution is 5.78. The second-order valence-electron chi connectivity index (χ2n) is 9.57. The van der Waals surface area contributed by atoms with Gasteiger partial charge >= 0.3 is 0 Å². The van der Waals surface area contributed by atoms with Gasteiger partial charge in [-0.1, -0.05) is 36.4 Å². The fourth-order valence-electron chi connectivity index (χ4n) is 5.34. The predicted molar refractivity (Wildman–Crippen MR) is 130 cm³/mol. The number of tetrazole rings is 1. The number of hydrogen-bond acceptors (Lipinski definition) is 8. The number of carbonyl (C=O) groups excluding carboxylic acids is 1. The highest BCUT2D eigenvalue weighted by Crippen LogP contribution is 2.35. The van der Waals surface area contributed by atoms with Gasteiger partial charge < -0.3 is 19.5 Å². The zero-order valence-electron chi connectivity index (χ0n) is 20.0. The average molecular weight is 491 g/mol. The molecule has 6 rings (SSSR count). The molecule has 0 spiro atoms.